The molecule has 2 aromatic heterocycles. The van der Waals surface area contributed by atoms with E-state index >= 15 is 0 Å². The number of nitrogens with one attached hydrogen (secondary N) is 2. The number of hydrogen-bond acceptors (Lipinski definition) is 5. The van der Waals surface area contributed by atoms with E-state index in [1.54, 1.807) is 29.9 Å². The van der Waals surface area contributed by atoms with Crippen LogP contribution in [-0.4, -0.2) is 38.5 Å². The topological polar surface area (TPSA) is 92.7 Å². The summed E-state index contributed by atoms with van der Waals surface area (Å²) in [5.41, 5.74) is 0.811. The van der Waals surface area contributed by atoms with Crippen LogP contribution in [0, 0.1) is 0 Å². The molecule has 0 unspecified atom stereocenters. The molecule has 23 heavy (non-hydrogen) atoms. The first-order valence-corrected chi connectivity index (χ1v) is 8.02. The highest BCUT2D eigenvalue weighted by Crippen LogP contribution is 2.19. The van der Waals surface area contributed by atoms with Gasteiger partial charge in [0.15, 0.2) is 10.8 Å². The van der Waals surface area contributed by atoms with E-state index in [-0.39, 0.29) is 17.2 Å². The van der Waals surface area contributed by atoms with E-state index in [1.807, 2.05) is 6.07 Å². The average Bonchev–Trinajstić information content (AvgIpc) is 2.97. The van der Waals surface area contributed by atoms with Crippen molar-refractivity contribution in [3.63, 3.8) is 0 Å². The zero-order chi connectivity index (χ0) is 16.4. The third-order valence-corrected chi connectivity index (χ3v) is 4.20. The highest BCUT2D eigenvalue weighted by Gasteiger charge is 2.12. The van der Waals surface area contributed by atoms with Crippen molar-refractivity contribution in [2.75, 3.05) is 12.8 Å². The lowest BCUT2D eigenvalue weighted by Crippen LogP contribution is -2.20. The molecule has 7 nitrogen and oxygen atoms in total. The quantitative estimate of drug-likeness (QED) is 0.551. The fourth-order valence-corrected chi connectivity index (χ4v) is 2.88. The van der Waals surface area contributed by atoms with Crippen molar-refractivity contribution in [2.24, 2.45) is 0 Å². The standard InChI is InChI=1S/C14H12ClN5O2S/c1-16-11(21)7-23-14-18-12-10(13(22)19-14)6-17-20(12)9-4-2-3-8(15)5-9/h2-6H,7H2,1H3,(H,16,21)(H,18,19,22). The first-order chi connectivity index (χ1) is 11.1. The van der Waals surface area contributed by atoms with Gasteiger partial charge in [-0.15, -0.1) is 0 Å². The van der Waals surface area contributed by atoms with Crippen molar-refractivity contribution in [3.05, 3.63) is 45.8 Å². The number of carbonyl (C=O) groups excluding carboxylic acids is 1. The van der Waals surface area contributed by atoms with Crippen LogP contribution in [0.1, 0.15) is 0 Å². The highest BCUT2D eigenvalue weighted by molar-refractivity contribution is 7.99. The molecule has 0 saturated heterocycles. The normalized spacial score (nSPS) is 10.9. The molecule has 0 atom stereocenters. The maximum absolute atomic E-state index is 12.1. The molecule has 0 fully saturated rings. The Balaban J connectivity index is 2.05. The van der Waals surface area contributed by atoms with Crippen molar-refractivity contribution >= 4 is 40.3 Å². The van der Waals surface area contributed by atoms with Gasteiger partial charge in [0, 0.05) is 12.1 Å². The maximum Gasteiger partial charge on any atom is 0.262 e. The molecule has 0 saturated carbocycles. The predicted molar refractivity (Wildman–Crippen MR) is 89.3 cm³/mol. The number of nitrogens with zero attached hydrogens (tertiary/aromatic N) is 3. The Kier molecular flexibility index (Phi) is 4.35. The van der Waals surface area contributed by atoms with Crippen LogP contribution in [0.2, 0.25) is 5.02 Å². The Bertz CT molecular complexity index is 936. The number of benzene rings is 1. The number of carbonyl (C=O) groups is 1. The molecular weight excluding hydrogens is 338 g/mol. The van der Waals surface area contributed by atoms with Gasteiger partial charge < -0.3 is 10.3 Å². The Labute approximate surface area is 140 Å². The van der Waals surface area contributed by atoms with Crippen molar-refractivity contribution in [1.82, 2.24) is 25.1 Å². The Hall–Kier alpha value is -2.32. The number of rotatable bonds is 4. The van der Waals surface area contributed by atoms with Gasteiger partial charge in [-0.05, 0) is 18.2 Å². The molecule has 1 amide bonds. The number of hydrogen-bond donors (Lipinski definition) is 2. The number of aromatic nitrogens is 4. The van der Waals surface area contributed by atoms with E-state index in [0.717, 1.165) is 11.8 Å². The van der Waals surface area contributed by atoms with Gasteiger partial charge >= 0.3 is 0 Å². The number of halogens is 1. The van der Waals surface area contributed by atoms with Crippen LogP contribution in [-0.2, 0) is 4.79 Å². The van der Waals surface area contributed by atoms with Gasteiger partial charge in [0.05, 0.1) is 17.6 Å². The zero-order valence-electron chi connectivity index (χ0n) is 12.0. The lowest BCUT2D eigenvalue weighted by Gasteiger charge is -2.04. The predicted octanol–water partition coefficient (Wildman–Crippen LogP) is 1.60. The van der Waals surface area contributed by atoms with Crippen molar-refractivity contribution in [1.29, 1.82) is 0 Å². The lowest BCUT2D eigenvalue weighted by atomic mass is 10.3. The smallest absolute Gasteiger partial charge is 0.262 e. The summed E-state index contributed by atoms with van der Waals surface area (Å²) < 4.78 is 1.54. The van der Waals surface area contributed by atoms with Crippen LogP contribution >= 0.6 is 23.4 Å². The number of H-pyrrole nitrogens is 1. The van der Waals surface area contributed by atoms with Crippen molar-refractivity contribution < 1.29 is 4.79 Å². The molecule has 0 spiro atoms. The minimum atomic E-state index is -0.303. The fourth-order valence-electron chi connectivity index (χ4n) is 1.97. The van der Waals surface area contributed by atoms with Gasteiger partial charge in [0.25, 0.3) is 5.56 Å². The van der Waals surface area contributed by atoms with Gasteiger partial charge in [-0.3, -0.25) is 9.59 Å². The van der Waals surface area contributed by atoms with Gasteiger partial charge in [0.1, 0.15) is 5.39 Å². The minimum Gasteiger partial charge on any atom is -0.358 e. The second-order valence-corrected chi connectivity index (χ2v) is 6.01. The van der Waals surface area contributed by atoms with E-state index in [4.69, 9.17) is 11.6 Å². The van der Waals surface area contributed by atoms with Crippen LogP contribution in [0.15, 0.2) is 40.4 Å². The average molecular weight is 350 g/mol. The summed E-state index contributed by atoms with van der Waals surface area (Å²) in [4.78, 5) is 30.5. The molecule has 2 heterocycles. The number of fused-ring (bicyclic) bond motifs is 1. The summed E-state index contributed by atoms with van der Waals surface area (Å²) in [5, 5.41) is 8.01. The second-order valence-electron chi connectivity index (χ2n) is 4.61. The third kappa shape index (κ3) is 3.22. The minimum absolute atomic E-state index is 0.152. The van der Waals surface area contributed by atoms with E-state index < -0.39 is 0 Å². The molecule has 0 aliphatic rings. The molecule has 2 N–H and O–H groups in total. The van der Waals surface area contributed by atoms with Crippen LogP contribution in [0.25, 0.3) is 16.7 Å². The summed E-state index contributed by atoms with van der Waals surface area (Å²) in [5.74, 6) is 0.0112. The first kappa shape index (κ1) is 15.6. The summed E-state index contributed by atoms with van der Waals surface area (Å²) in [6.07, 6.45) is 1.45. The monoisotopic (exact) mass is 349 g/mol. The Morgan fingerprint density at radius 1 is 1.48 bits per heavy atom. The summed E-state index contributed by atoms with van der Waals surface area (Å²) in [7, 11) is 1.55. The van der Waals surface area contributed by atoms with Crippen molar-refractivity contribution in [2.45, 2.75) is 5.16 Å². The largest absolute Gasteiger partial charge is 0.358 e. The van der Waals surface area contributed by atoms with E-state index in [9.17, 15) is 9.59 Å². The van der Waals surface area contributed by atoms with E-state index in [1.165, 1.54) is 6.20 Å². The molecule has 9 heteroatoms. The van der Waals surface area contributed by atoms with Gasteiger partial charge in [-0.2, -0.15) is 5.10 Å². The molecule has 0 aliphatic carbocycles. The first-order valence-electron chi connectivity index (χ1n) is 6.66. The lowest BCUT2D eigenvalue weighted by molar-refractivity contribution is -0.118. The fraction of sp³-hybridized carbons (Fsp3) is 0.143. The third-order valence-electron chi connectivity index (χ3n) is 3.09. The summed E-state index contributed by atoms with van der Waals surface area (Å²) in [6.45, 7) is 0. The summed E-state index contributed by atoms with van der Waals surface area (Å²) >= 11 is 7.14. The Morgan fingerprint density at radius 2 is 2.30 bits per heavy atom. The summed E-state index contributed by atoms with van der Waals surface area (Å²) in [6, 6.07) is 7.09. The number of amides is 1. The molecule has 1 aromatic carbocycles. The maximum atomic E-state index is 12.1. The Morgan fingerprint density at radius 3 is 3.04 bits per heavy atom. The molecule has 0 bridgehead atoms. The second kappa shape index (κ2) is 6.43. The van der Waals surface area contributed by atoms with Gasteiger partial charge in [-0.25, -0.2) is 9.67 Å². The zero-order valence-corrected chi connectivity index (χ0v) is 13.6. The highest BCUT2D eigenvalue weighted by atomic mass is 35.5. The molecule has 0 radical (unpaired) electrons. The molecule has 3 rings (SSSR count). The SMILES string of the molecule is CNC(=O)CSc1nc2c(cnn2-c2cccc(Cl)c2)c(=O)[nH]1. The number of thioether (sulfide) groups is 1. The molecule has 0 aliphatic heterocycles. The van der Waals surface area contributed by atoms with Crippen molar-refractivity contribution in [3.8, 4) is 5.69 Å². The van der Waals surface area contributed by atoms with E-state index in [0.29, 0.717) is 26.9 Å². The van der Waals surface area contributed by atoms with Crippen LogP contribution in [0.4, 0.5) is 0 Å². The van der Waals surface area contributed by atoms with E-state index in [2.05, 4.69) is 20.4 Å². The number of aromatic amines is 1. The van der Waals surface area contributed by atoms with Crippen LogP contribution in [0.5, 0.6) is 0 Å². The van der Waals surface area contributed by atoms with Gasteiger partial charge in [-0.1, -0.05) is 29.4 Å². The molecule has 3 aromatic rings. The molecular formula is C14H12ClN5O2S. The van der Waals surface area contributed by atoms with Crippen LogP contribution in [0.3, 0.4) is 0 Å². The van der Waals surface area contributed by atoms with Crippen LogP contribution < -0.4 is 10.9 Å². The molecule has 118 valence electrons. The van der Waals surface area contributed by atoms with Gasteiger partial charge in [0.2, 0.25) is 5.91 Å².